The maximum Gasteiger partial charge on any atom is 0.253 e. The Balaban J connectivity index is 1.53. The fourth-order valence-electron chi connectivity index (χ4n) is 4.97. The summed E-state index contributed by atoms with van der Waals surface area (Å²) in [5.74, 6) is 0.230. The minimum atomic E-state index is 0.00534. The van der Waals surface area contributed by atoms with Crippen molar-refractivity contribution >= 4 is 23.2 Å². The van der Waals surface area contributed by atoms with Gasteiger partial charge in [-0.15, -0.1) is 0 Å². The number of amides is 2. The van der Waals surface area contributed by atoms with Crippen molar-refractivity contribution in [3.63, 3.8) is 0 Å². The van der Waals surface area contributed by atoms with Gasteiger partial charge in [0.1, 0.15) is 0 Å². The molecule has 2 amide bonds. The summed E-state index contributed by atoms with van der Waals surface area (Å²) in [5.41, 5.74) is 2.45. The van der Waals surface area contributed by atoms with Crippen molar-refractivity contribution in [2.75, 3.05) is 23.3 Å². The third kappa shape index (κ3) is 4.50. The summed E-state index contributed by atoms with van der Waals surface area (Å²) in [4.78, 5) is 28.0. The van der Waals surface area contributed by atoms with Gasteiger partial charge in [0, 0.05) is 36.4 Å². The van der Waals surface area contributed by atoms with E-state index in [9.17, 15) is 9.59 Å². The fraction of sp³-hybridized carbons (Fsp3) is 0.652. The number of benzene rings is 1. The van der Waals surface area contributed by atoms with Crippen molar-refractivity contribution in [2.45, 2.75) is 76.7 Å². The highest BCUT2D eigenvalue weighted by Crippen LogP contribution is 2.30. The minimum Gasteiger partial charge on any atom is -0.371 e. The molecular weight excluding hydrogens is 350 g/mol. The molecule has 1 aromatic rings. The van der Waals surface area contributed by atoms with Crippen LogP contribution in [0.3, 0.4) is 0 Å². The van der Waals surface area contributed by atoms with E-state index in [1.807, 2.05) is 18.2 Å². The molecule has 0 spiro atoms. The molecule has 0 unspecified atom stereocenters. The number of nitrogens with one attached hydrogen (secondary N) is 2. The molecule has 28 heavy (non-hydrogen) atoms. The quantitative estimate of drug-likeness (QED) is 0.788. The summed E-state index contributed by atoms with van der Waals surface area (Å²) < 4.78 is 0. The molecule has 0 atom stereocenters. The average molecular weight is 384 g/mol. The Bertz CT molecular complexity index is 700. The Morgan fingerprint density at radius 1 is 0.857 bits per heavy atom. The van der Waals surface area contributed by atoms with Gasteiger partial charge in [0.15, 0.2) is 0 Å². The molecule has 2 aliphatic carbocycles. The Morgan fingerprint density at radius 2 is 1.54 bits per heavy atom. The number of carbonyl (C=O) groups excluding carboxylic acids is 2. The van der Waals surface area contributed by atoms with Crippen LogP contribution in [-0.2, 0) is 4.79 Å². The predicted octanol–water partition coefficient (Wildman–Crippen LogP) is 4.48. The number of hydrogen-bond acceptors (Lipinski definition) is 3. The van der Waals surface area contributed by atoms with Crippen LogP contribution in [0, 0.1) is 5.92 Å². The zero-order chi connectivity index (χ0) is 19.3. The van der Waals surface area contributed by atoms with E-state index in [-0.39, 0.29) is 23.8 Å². The Kier molecular flexibility index (Phi) is 6.18. The number of nitrogens with zero attached hydrogens (tertiary/aromatic N) is 1. The molecular formula is C23H33N3O2. The molecule has 2 N–H and O–H groups in total. The monoisotopic (exact) mass is 383 g/mol. The zero-order valence-electron chi connectivity index (χ0n) is 16.8. The van der Waals surface area contributed by atoms with Crippen molar-refractivity contribution in [2.24, 2.45) is 5.92 Å². The van der Waals surface area contributed by atoms with Gasteiger partial charge < -0.3 is 15.5 Å². The number of carbonyl (C=O) groups is 2. The summed E-state index contributed by atoms with van der Waals surface area (Å²) in [5, 5.41) is 6.32. The van der Waals surface area contributed by atoms with Crippen LogP contribution in [0.1, 0.15) is 81.0 Å². The molecule has 5 nitrogen and oxygen atoms in total. The maximum atomic E-state index is 13.1. The van der Waals surface area contributed by atoms with E-state index in [0.29, 0.717) is 5.56 Å². The highest BCUT2D eigenvalue weighted by Gasteiger charge is 2.25. The molecule has 0 aromatic heterocycles. The van der Waals surface area contributed by atoms with Crippen LogP contribution in [0.5, 0.6) is 0 Å². The topological polar surface area (TPSA) is 61.4 Å². The molecule has 3 fully saturated rings. The van der Waals surface area contributed by atoms with Crippen LogP contribution in [0.2, 0.25) is 0 Å². The lowest BCUT2D eigenvalue weighted by atomic mass is 9.95. The SMILES string of the molecule is O=C(NC1CCCCC1)c1cc(NC(=O)C2CCCC2)ccc1N1CCCC1. The molecule has 2 saturated carbocycles. The van der Waals surface area contributed by atoms with Gasteiger partial charge in [-0.05, 0) is 56.7 Å². The summed E-state index contributed by atoms with van der Waals surface area (Å²) >= 11 is 0. The van der Waals surface area contributed by atoms with Crippen LogP contribution in [0.15, 0.2) is 18.2 Å². The smallest absolute Gasteiger partial charge is 0.253 e. The lowest BCUT2D eigenvalue weighted by molar-refractivity contribution is -0.119. The largest absolute Gasteiger partial charge is 0.371 e. The van der Waals surface area contributed by atoms with Crippen LogP contribution in [0.25, 0.3) is 0 Å². The van der Waals surface area contributed by atoms with E-state index in [4.69, 9.17) is 0 Å². The average Bonchev–Trinajstić information content (AvgIpc) is 3.43. The van der Waals surface area contributed by atoms with Crippen molar-refractivity contribution < 1.29 is 9.59 Å². The summed E-state index contributed by atoms with van der Waals surface area (Å²) in [6.45, 7) is 2.00. The van der Waals surface area contributed by atoms with Crippen LogP contribution in [-0.4, -0.2) is 30.9 Å². The second-order valence-electron chi connectivity index (χ2n) is 8.71. The molecule has 1 heterocycles. The fourth-order valence-corrected chi connectivity index (χ4v) is 4.97. The van der Waals surface area contributed by atoms with E-state index in [2.05, 4.69) is 15.5 Å². The first-order chi connectivity index (χ1) is 13.7. The highest BCUT2D eigenvalue weighted by atomic mass is 16.2. The standard InChI is InChI=1S/C23H33N3O2/c27-22(17-8-4-5-9-17)25-19-12-13-21(26-14-6-7-15-26)20(16-19)23(28)24-18-10-2-1-3-11-18/h12-13,16-18H,1-11,14-15H2,(H,24,28)(H,25,27). The van der Waals surface area contributed by atoms with Crippen LogP contribution in [0.4, 0.5) is 11.4 Å². The molecule has 0 bridgehead atoms. The van der Waals surface area contributed by atoms with Gasteiger partial charge in [-0.3, -0.25) is 9.59 Å². The van der Waals surface area contributed by atoms with Crippen molar-refractivity contribution in [1.29, 1.82) is 0 Å². The third-order valence-corrected chi connectivity index (χ3v) is 6.62. The molecule has 1 saturated heterocycles. The lowest BCUT2D eigenvalue weighted by Crippen LogP contribution is -2.37. The third-order valence-electron chi connectivity index (χ3n) is 6.62. The first-order valence-corrected chi connectivity index (χ1v) is 11.2. The van der Waals surface area contributed by atoms with Crippen molar-refractivity contribution in [1.82, 2.24) is 5.32 Å². The normalized spacial score (nSPS) is 21.1. The van der Waals surface area contributed by atoms with E-state index in [0.717, 1.165) is 63.0 Å². The van der Waals surface area contributed by atoms with E-state index in [1.54, 1.807) is 0 Å². The number of anilines is 2. The van der Waals surface area contributed by atoms with Crippen molar-refractivity contribution in [3.8, 4) is 0 Å². The molecule has 1 aromatic carbocycles. The van der Waals surface area contributed by atoms with Gasteiger partial charge in [-0.25, -0.2) is 0 Å². The van der Waals surface area contributed by atoms with Gasteiger partial charge in [0.2, 0.25) is 5.91 Å². The van der Waals surface area contributed by atoms with Gasteiger partial charge in [-0.2, -0.15) is 0 Å². The summed E-state index contributed by atoms with van der Waals surface area (Å²) in [7, 11) is 0. The Hall–Kier alpha value is -2.04. The number of rotatable bonds is 5. The Morgan fingerprint density at radius 3 is 2.25 bits per heavy atom. The van der Waals surface area contributed by atoms with Gasteiger partial charge in [0.05, 0.1) is 5.56 Å². The molecule has 1 aliphatic heterocycles. The summed E-state index contributed by atoms with van der Waals surface area (Å²) in [6.07, 6.45) is 12.4. The first-order valence-electron chi connectivity index (χ1n) is 11.2. The van der Waals surface area contributed by atoms with Crippen LogP contribution >= 0.6 is 0 Å². The van der Waals surface area contributed by atoms with E-state index >= 15 is 0 Å². The van der Waals surface area contributed by atoms with Crippen molar-refractivity contribution in [3.05, 3.63) is 23.8 Å². The lowest BCUT2D eigenvalue weighted by Gasteiger charge is -2.26. The summed E-state index contributed by atoms with van der Waals surface area (Å²) in [6, 6.07) is 6.14. The molecule has 152 valence electrons. The van der Waals surface area contributed by atoms with Gasteiger partial charge in [0.25, 0.3) is 5.91 Å². The van der Waals surface area contributed by atoms with E-state index in [1.165, 1.54) is 32.1 Å². The minimum absolute atomic E-state index is 0.00534. The second-order valence-corrected chi connectivity index (χ2v) is 8.71. The molecule has 5 heteroatoms. The second kappa shape index (κ2) is 8.97. The van der Waals surface area contributed by atoms with Crippen LogP contribution < -0.4 is 15.5 Å². The molecule has 3 aliphatic rings. The molecule has 4 rings (SSSR count). The predicted molar refractivity (Wildman–Crippen MR) is 113 cm³/mol. The first kappa shape index (κ1) is 19.3. The zero-order valence-corrected chi connectivity index (χ0v) is 16.8. The number of hydrogen-bond donors (Lipinski definition) is 2. The van der Waals surface area contributed by atoms with E-state index < -0.39 is 0 Å². The Labute approximate surface area is 168 Å². The van der Waals surface area contributed by atoms with Gasteiger partial charge in [-0.1, -0.05) is 32.1 Å². The maximum absolute atomic E-state index is 13.1. The highest BCUT2D eigenvalue weighted by molar-refractivity contribution is 6.02. The van der Waals surface area contributed by atoms with Gasteiger partial charge >= 0.3 is 0 Å². The molecule has 0 radical (unpaired) electrons.